The highest BCUT2D eigenvalue weighted by Crippen LogP contribution is 2.29. The number of hydrogen-bond donors (Lipinski definition) is 2. The van der Waals surface area contributed by atoms with Crippen LogP contribution in [-0.2, 0) is 20.7 Å². The molecule has 0 bridgehead atoms. The predicted octanol–water partition coefficient (Wildman–Crippen LogP) is 3.89. The van der Waals surface area contributed by atoms with Crippen LogP contribution in [0, 0.1) is 0 Å². The standard InChI is InChI=1S/C35H38N8O3/c1-25(27-5-3-2-4-6-27)19-33(44)39-29-9-7-26(8-10-29)20-34(45)43-13-11-41(12-14-43)30-21-31(28-23-37-35(36)38-24-28)40-32(22-30)42-15-17-46-18-16-42/h2-10,19,21-24H,11-18,20H2,1H3,(H,39,44)(H2,36,37,38)/b25-19-. The van der Waals surface area contributed by atoms with Crippen LogP contribution in [0.5, 0.6) is 0 Å². The number of nitrogens with zero attached hydrogens (tertiary/aromatic N) is 6. The zero-order valence-electron chi connectivity index (χ0n) is 25.9. The van der Waals surface area contributed by atoms with E-state index in [0.717, 1.165) is 52.6 Å². The average molecular weight is 619 g/mol. The molecule has 11 heteroatoms. The van der Waals surface area contributed by atoms with E-state index in [2.05, 4.69) is 37.2 Å². The number of allylic oxidation sites excluding steroid dienone is 1. The van der Waals surface area contributed by atoms with E-state index in [9.17, 15) is 9.59 Å². The summed E-state index contributed by atoms with van der Waals surface area (Å²) in [6.45, 7) is 7.44. The van der Waals surface area contributed by atoms with Gasteiger partial charge in [-0.15, -0.1) is 0 Å². The van der Waals surface area contributed by atoms with Crippen LogP contribution in [0.2, 0.25) is 0 Å². The number of morpholine rings is 1. The fraction of sp³-hybridized carbons (Fsp3) is 0.286. The number of rotatable bonds is 8. The number of nitrogens with two attached hydrogens (primary N) is 1. The van der Waals surface area contributed by atoms with Gasteiger partial charge in [0.25, 0.3) is 0 Å². The molecule has 0 unspecified atom stereocenters. The highest BCUT2D eigenvalue weighted by molar-refractivity contribution is 6.03. The third-order valence-corrected chi connectivity index (χ3v) is 8.25. The van der Waals surface area contributed by atoms with Gasteiger partial charge in [-0.3, -0.25) is 9.59 Å². The molecule has 2 aliphatic heterocycles. The van der Waals surface area contributed by atoms with Crippen LogP contribution in [0.15, 0.2) is 85.2 Å². The van der Waals surface area contributed by atoms with Gasteiger partial charge in [-0.25, -0.2) is 15.0 Å². The Morgan fingerprint density at radius 1 is 0.891 bits per heavy atom. The lowest BCUT2D eigenvalue weighted by molar-refractivity contribution is -0.130. The van der Waals surface area contributed by atoms with Crippen molar-refractivity contribution in [1.82, 2.24) is 19.9 Å². The maximum atomic E-state index is 13.2. The number of nitrogens with one attached hydrogen (secondary N) is 1. The van der Waals surface area contributed by atoms with Crippen LogP contribution in [-0.4, -0.2) is 84.1 Å². The highest BCUT2D eigenvalue weighted by Gasteiger charge is 2.24. The van der Waals surface area contributed by atoms with Crippen LogP contribution in [0.3, 0.4) is 0 Å². The number of carbonyl (C=O) groups excluding carboxylic acids is 2. The summed E-state index contributed by atoms with van der Waals surface area (Å²) in [7, 11) is 0. The van der Waals surface area contributed by atoms with E-state index in [4.69, 9.17) is 15.5 Å². The molecule has 2 amide bonds. The van der Waals surface area contributed by atoms with E-state index >= 15 is 0 Å². The molecular weight excluding hydrogens is 580 g/mol. The molecular formula is C35H38N8O3. The van der Waals surface area contributed by atoms with E-state index in [1.807, 2.05) is 66.4 Å². The van der Waals surface area contributed by atoms with Gasteiger partial charge in [0, 0.05) is 80.7 Å². The first-order valence-corrected chi connectivity index (χ1v) is 15.5. The maximum absolute atomic E-state index is 13.2. The second kappa shape index (κ2) is 14.2. The largest absolute Gasteiger partial charge is 0.378 e. The quantitative estimate of drug-likeness (QED) is 0.283. The lowest BCUT2D eigenvalue weighted by atomic mass is 10.1. The molecule has 2 saturated heterocycles. The number of pyridine rings is 1. The number of hydrogen-bond acceptors (Lipinski definition) is 9. The zero-order chi connectivity index (χ0) is 31.9. The van der Waals surface area contributed by atoms with Crippen molar-refractivity contribution < 1.29 is 14.3 Å². The van der Waals surface area contributed by atoms with Crippen molar-refractivity contribution in [2.75, 3.05) is 73.3 Å². The number of anilines is 4. The fourth-order valence-corrected chi connectivity index (χ4v) is 5.62. The molecule has 4 aromatic rings. The fourth-order valence-electron chi connectivity index (χ4n) is 5.62. The number of nitrogen functional groups attached to an aromatic ring is 1. The Balaban J connectivity index is 1.06. The summed E-state index contributed by atoms with van der Waals surface area (Å²) in [6.07, 6.45) is 5.28. The van der Waals surface area contributed by atoms with Crippen molar-refractivity contribution in [3.8, 4) is 11.3 Å². The van der Waals surface area contributed by atoms with Gasteiger partial charge in [0.1, 0.15) is 5.82 Å². The molecule has 6 rings (SSSR count). The smallest absolute Gasteiger partial charge is 0.248 e. The third kappa shape index (κ3) is 7.67. The van der Waals surface area contributed by atoms with Gasteiger partial charge in [-0.2, -0.15) is 0 Å². The van der Waals surface area contributed by atoms with Gasteiger partial charge in [0.2, 0.25) is 17.8 Å². The van der Waals surface area contributed by atoms with Gasteiger partial charge >= 0.3 is 0 Å². The van der Waals surface area contributed by atoms with E-state index in [0.29, 0.717) is 51.5 Å². The molecule has 2 aromatic heterocycles. The van der Waals surface area contributed by atoms with Crippen LogP contribution in [0.4, 0.5) is 23.1 Å². The Morgan fingerprint density at radius 3 is 2.28 bits per heavy atom. The van der Waals surface area contributed by atoms with Gasteiger partial charge in [0.15, 0.2) is 0 Å². The molecule has 0 aliphatic carbocycles. The molecule has 2 fully saturated rings. The molecule has 2 aromatic carbocycles. The molecule has 0 saturated carbocycles. The topological polar surface area (TPSA) is 130 Å². The molecule has 0 spiro atoms. The molecule has 3 N–H and O–H groups in total. The Morgan fingerprint density at radius 2 is 1.59 bits per heavy atom. The Labute approximate surface area is 268 Å². The van der Waals surface area contributed by atoms with E-state index in [1.165, 1.54) is 0 Å². The molecule has 236 valence electrons. The van der Waals surface area contributed by atoms with Crippen LogP contribution in [0.1, 0.15) is 18.1 Å². The summed E-state index contributed by atoms with van der Waals surface area (Å²) in [4.78, 5) is 45.4. The predicted molar refractivity (Wildman–Crippen MR) is 180 cm³/mol. The van der Waals surface area contributed by atoms with Crippen LogP contribution >= 0.6 is 0 Å². The first kappa shape index (κ1) is 30.7. The minimum atomic E-state index is -0.191. The first-order valence-electron chi connectivity index (χ1n) is 15.5. The number of amides is 2. The second-order valence-corrected chi connectivity index (χ2v) is 11.4. The van der Waals surface area contributed by atoms with Crippen molar-refractivity contribution in [1.29, 1.82) is 0 Å². The lowest BCUT2D eigenvalue weighted by Crippen LogP contribution is -2.49. The average Bonchev–Trinajstić information content (AvgIpc) is 3.10. The Hall–Kier alpha value is -5.29. The van der Waals surface area contributed by atoms with Crippen molar-refractivity contribution >= 4 is 40.5 Å². The minimum Gasteiger partial charge on any atom is -0.378 e. The van der Waals surface area contributed by atoms with Crippen molar-refractivity contribution in [3.05, 3.63) is 96.3 Å². The third-order valence-electron chi connectivity index (χ3n) is 8.25. The summed E-state index contributed by atoms with van der Waals surface area (Å²) < 4.78 is 5.55. The Bertz CT molecular complexity index is 1680. The first-order chi connectivity index (χ1) is 22.4. The minimum absolute atomic E-state index is 0.0845. The monoisotopic (exact) mass is 618 g/mol. The van der Waals surface area contributed by atoms with Gasteiger partial charge in [-0.1, -0.05) is 42.5 Å². The molecule has 4 heterocycles. The summed E-state index contributed by atoms with van der Waals surface area (Å²) >= 11 is 0. The van der Waals surface area contributed by atoms with Crippen molar-refractivity contribution in [2.24, 2.45) is 0 Å². The van der Waals surface area contributed by atoms with Crippen molar-refractivity contribution in [2.45, 2.75) is 13.3 Å². The summed E-state index contributed by atoms with van der Waals surface area (Å²) in [5.74, 6) is 0.997. The van der Waals surface area contributed by atoms with Gasteiger partial charge in [0.05, 0.1) is 25.3 Å². The second-order valence-electron chi connectivity index (χ2n) is 11.4. The molecule has 2 aliphatic rings. The normalized spacial score (nSPS) is 15.5. The van der Waals surface area contributed by atoms with E-state index < -0.39 is 0 Å². The number of piperazine rings is 1. The molecule has 11 nitrogen and oxygen atoms in total. The summed E-state index contributed by atoms with van der Waals surface area (Å²) in [5, 5.41) is 2.91. The van der Waals surface area contributed by atoms with E-state index in [1.54, 1.807) is 18.5 Å². The number of carbonyl (C=O) groups is 2. The number of aromatic nitrogens is 3. The SMILES string of the molecule is C/C(=C/C(=O)Nc1ccc(CC(=O)N2CCN(c3cc(-c4cnc(N)nc4)nc(N4CCOCC4)c3)CC2)cc1)c1ccccc1. The summed E-state index contributed by atoms with van der Waals surface area (Å²) in [6, 6.07) is 21.4. The Kier molecular flexibility index (Phi) is 9.49. The highest BCUT2D eigenvalue weighted by atomic mass is 16.5. The summed E-state index contributed by atoms with van der Waals surface area (Å²) in [5.41, 5.74) is 11.8. The van der Waals surface area contributed by atoms with Crippen LogP contribution < -0.4 is 20.9 Å². The van der Waals surface area contributed by atoms with Gasteiger partial charge < -0.3 is 30.5 Å². The van der Waals surface area contributed by atoms with Crippen LogP contribution in [0.25, 0.3) is 16.8 Å². The number of ether oxygens (including phenoxy) is 1. The van der Waals surface area contributed by atoms with Crippen molar-refractivity contribution in [3.63, 3.8) is 0 Å². The zero-order valence-corrected chi connectivity index (χ0v) is 25.9. The molecule has 46 heavy (non-hydrogen) atoms. The van der Waals surface area contributed by atoms with E-state index in [-0.39, 0.29) is 17.8 Å². The lowest BCUT2D eigenvalue weighted by Gasteiger charge is -2.37. The number of benzene rings is 2. The molecule has 0 radical (unpaired) electrons. The molecule has 0 atom stereocenters. The maximum Gasteiger partial charge on any atom is 0.248 e. The van der Waals surface area contributed by atoms with Gasteiger partial charge in [-0.05, 0) is 41.8 Å².